The quantitative estimate of drug-likeness (QED) is 0.218. The van der Waals surface area contributed by atoms with Crippen molar-refractivity contribution in [1.29, 1.82) is 0 Å². The molecule has 11 heteroatoms. The van der Waals surface area contributed by atoms with Crippen LogP contribution in [0.4, 0.5) is 5.69 Å². The number of aliphatic hydroxyl groups is 3. The molecule has 1 aliphatic rings. The maximum Gasteiger partial charge on any atom is 0.336 e. The first-order valence-electron chi connectivity index (χ1n) is 13.1. The molecule has 5 N–H and O–H groups in total. The largest absolute Gasteiger partial charge is 0.479 e. The van der Waals surface area contributed by atoms with Gasteiger partial charge < -0.3 is 30.5 Å². The van der Waals surface area contributed by atoms with Crippen molar-refractivity contribution in [3.63, 3.8) is 0 Å². The summed E-state index contributed by atoms with van der Waals surface area (Å²) in [4.78, 5) is 26.6. The van der Waals surface area contributed by atoms with Crippen molar-refractivity contribution in [3.8, 4) is 16.8 Å². The molecular weight excluding hydrogens is 528 g/mol. The molecule has 41 heavy (non-hydrogen) atoms. The molecule has 3 aromatic carbocycles. The predicted octanol–water partition coefficient (Wildman–Crippen LogP) is 2.71. The highest BCUT2D eigenvalue weighted by atomic mass is 16.5. The number of nitrogens with one attached hydrogen (secondary N) is 1. The topological polar surface area (TPSA) is 167 Å². The van der Waals surface area contributed by atoms with E-state index in [4.69, 9.17) is 4.74 Å². The Morgan fingerprint density at radius 3 is 2.22 bits per heavy atom. The van der Waals surface area contributed by atoms with Crippen LogP contribution in [0.2, 0.25) is 0 Å². The number of ether oxygens (including phenoxy) is 1. The molecule has 11 nitrogen and oxygen atoms in total. The summed E-state index contributed by atoms with van der Waals surface area (Å²) in [6.07, 6.45) is -4.95. The fourth-order valence-corrected chi connectivity index (χ4v) is 4.90. The third-order valence-corrected chi connectivity index (χ3v) is 7.20. The standard InChI is InChI=1S/C30H30N4O7/c1-18-26(33-34(32-18)21-7-3-2-4-8-21)28(38)31-23-10-6-5-9-22(23)20-13-11-19(12-14-20)17-41-30(29(39)40)15-24(35)27(37)25(36)16-30/h2-14,24-25,27,35-37H,15-17H2,1H3,(H,31,38)(H,39,40)/t24-,25-,27?,30?/m1/s1. The number of aromatic nitrogens is 3. The first-order chi connectivity index (χ1) is 19.7. The van der Waals surface area contributed by atoms with Crippen LogP contribution in [-0.4, -0.2) is 71.2 Å². The lowest BCUT2D eigenvalue weighted by Crippen LogP contribution is -2.57. The van der Waals surface area contributed by atoms with Crippen LogP contribution in [0, 0.1) is 6.92 Å². The number of aliphatic carboxylic acids is 1. The summed E-state index contributed by atoms with van der Waals surface area (Å²) in [5, 5.41) is 51.3. The zero-order chi connectivity index (χ0) is 29.1. The average molecular weight is 559 g/mol. The summed E-state index contributed by atoms with van der Waals surface area (Å²) in [6.45, 7) is 1.64. The highest BCUT2D eigenvalue weighted by molar-refractivity contribution is 6.05. The van der Waals surface area contributed by atoms with Crippen molar-refractivity contribution in [2.45, 2.75) is 50.3 Å². The van der Waals surface area contributed by atoms with Crippen molar-refractivity contribution in [1.82, 2.24) is 15.0 Å². The maximum absolute atomic E-state index is 13.2. The first kappa shape index (κ1) is 28.1. The second kappa shape index (κ2) is 11.6. The molecule has 0 bridgehead atoms. The highest BCUT2D eigenvalue weighted by Gasteiger charge is 2.50. The number of hydrogen-bond acceptors (Lipinski definition) is 8. The Bertz CT molecular complexity index is 1530. The van der Waals surface area contributed by atoms with Crippen molar-refractivity contribution in [2.75, 3.05) is 5.32 Å². The second-order valence-electron chi connectivity index (χ2n) is 10.1. The normalized spacial score (nSPS) is 22.3. The Morgan fingerprint density at radius 2 is 1.56 bits per heavy atom. The van der Waals surface area contributed by atoms with Crippen LogP contribution >= 0.6 is 0 Å². The minimum Gasteiger partial charge on any atom is -0.479 e. The van der Waals surface area contributed by atoms with Gasteiger partial charge in [0.25, 0.3) is 5.91 Å². The fraction of sp³-hybridized carbons (Fsp3) is 0.267. The number of hydrogen-bond donors (Lipinski definition) is 5. The minimum atomic E-state index is -1.83. The molecule has 0 radical (unpaired) electrons. The van der Waals surface area contributed by atoms with E-state index in [0.29, 0.717) is 16.9 Å². The summed E-state index contributed by atoms with van der Waals surface area (Å²) in [5.41, 5.74) is 2.40. The summed E-state index contributed by atoms with van der Waals surface area (Å²) in [5.74, 6) is -1.72. The number of rotatable bonds is 8. The van der Waals surface area contributed by atoms with Crippen LogP contribution in [0.25, 0.3) is 16.8 Å². The van der Waals surface area contributed by atoms with E-state index >= 15 is 0 Å². The number of benzene rings is 3. The molecule has 0 spiro atoms. The number of aliphatic hydroxyl groups excluding tert-OH is 3. The lowest BCUT2D eigenvalue weighted by atomic mass is 9.79. The van der Waals surface area contributed by atoms with Gasteiger partial charge in [0.1, 0.15) is 6.10 Å². The molecule has 1 aliphatic carbocycles. The molecule has 0 saturated heterocycles. The van der Waals surface area contributed by atoms with Gasteiger partial charge in [0, 0.05) is 24.1 Å². The zero-order valence-corrected chi connectivity index (χ0v) is 22.2. The molecule has 5 rings (SSSR count). The fourth-order valence-electron chi connectivity index (χ4n) is 4.90. The van der Waals surface area contributed by atoms with E-state index < -0.39 is 35.8 Å². The number of carbonyl (C=O) groups excluding carboxylic acids is 1. The van der Waals surface area contributed by atoms with Gasteiger partial charge in [-0.3, -0.25) is 4.79 Å². The number of carbonyl (C=O) groups is 2. The Hall–Kier alpha value is -4.42. The molecule has 1 aromatic heterocycles. The van der Waals surface area contributed by atoms with Gasteiger partial charge in [0.05, 0.1) is 30.2 Å². The summed E-state index contributed by atoms with van der Waals surface area (Å²) in [7, 11) is 0. The van der Waals surface area contributed by atoms with E-state index in [-0.39, 0.29) is 25.1 Å². The zero-order valence-electron chi connectivity index (χ0n) is 22.2. The highest BCUT2D eigenvalue weighted by Crippen LogP contribution is 2.34. The molecule has 0 aliphatic heterocycles. The van der Waals surface area contributed by atoms with Crippen LogP contribution in [0.5, 0.6) is 0 Å². The van der Waals surface area contributed by atoms with E-state index in [1.54, 1.807) is 25.1 Å². The van der Waals surface area contributed by atoms with Gasteiger partial charge >= 0.3 is 5.97 Å². The van der Waals surface area contributed by atoms with Crippen molar-refractivity contribution in [3.05, 3.63) is 95.8 Å². The van der Waals surface area contributed by atoms with Gasteiger partial charge in [0.2, 0.25) is 0 Å². The average Bonchev–Trinajstić information content (AvgIpc) is 3.37. The Balaban J connectivity index is 1.30. The molecule has 1 heterocycles. The molecule has 1 amide bonds. The van der Waals surface area contributed by atoms with Gasteiger partial charge in [-0.05, 0) is 36.2 Å². The Morgan fingerprint density at radius 1 is 0.927 bits per heavy atom. The maximum atomic E-state index is 13.2. The van der Waals surface area contributed by atoms with E-state index in [1.165, 1.54) is 4.80 Å². The molecule has 4 aromatic rings. The lowest BCUT2D eigenvalue weighted by molar-refractivity contribution is -0.202. The monoisotopic (exact) mass is 558 g/mol. The van der Waals surface area contributed by atoms with E-state index in [9.17, 15) is 30.0 Å². The van der Waals surface area contributed by atoms with E-state index in [0.717, 1.165) is 16.8 Å². The van der Waals surface area contributed by atoms with Gasteiger partial charge in [-0.25, -0.2) is 4.79 Å². The Labute approximate surface area is 235 Å². The molecular formula is C30H30N4O7. The minimum absolute atomic E-state index is 0.0865. The number of carboxylic acid groups (broad SMARTS) is 1. The Kier molecular flexibility index (Phi) is 7.95. The predicted molar refractivity (Wildman–Crippen MR) is 148 cm³/mol. The third kappa shape index (κ3) is 5.88. The lowest BCUT2D eigenvalue weighted by Gasteiger charge is -2.40. The van der Waals surface area contributed by atoms with Gasteiger partial charge in [-0.2, -0.15) is 9.90 Å². The van der Waals surface area contributed by atoms with Crippen LogP contribution in [0.3, 0.4) is 0 Å². The van der Waals surface area contributed by atoms with Crippen molar-refractivity contribution < 1.29 is 34.8 Å². The summed E-state index contributed by atoms with van der Waals surface area (Å²) in [6, 6.07) is 23.8. The second-order valence-corrected chi connectivity index (χ2v) is 10.1. The van der Waals surface area contributed by atoms with Crippen LogP contribution in [0.1, 0.15) is 34.6 Å². The number of nitrogens with zero attached hydrogens (tertiary/aromatic N) is 3. The number of anilines is 1. The smallest absolute Gasteiger partial charge is 0.336 e. The van der Waals surface area contributed by atoms with Crippen molar-refractivity contribution in [2.24, 2.45) is 0 Å². The molecule has 212 valence electrons. The number of carboxylic acids is 1. The number of amides is 1. The SMILES string of the molecule is Cc1nn(-c2ccccc2)nc1C(=O)Nc1ccccc1-c1ccc(COC2(C(=O)O)C[C@@H](O)C(O)[C@H](O)C2)cc1. The molecule has 1 saturated carbocycles. The van der Waals surface area contributed by atoms with Crippen molar-refractivity contribution >= 4 is 17.6 Å². The van der Waals surface area contributed by atoms with Crippen LogP contribution in [0.15, 0.2) is 78.9 Å². The van der Waals surface area contributed by atoms with E-state index in [2.05, 4.69) is 15.5 Å². The third-order valence-electron chi connectivity index (χ3n) is 7.20. The molecule has 2 atom stereocenters. The van der Waals surface area contributed by atoms with Crippen LogP contribution < -0.4 is 5.32 Å². The van der Waals surface area contributed by atoms with Gasteiger partial charge in [-0.1, -0.05) is 60.7 Å². The first-order valence-corrected chi connectivity index (χ1v) is 13.1. The van der Waals surface area contributed by atoms with Crippen LogP contribution in [-0.2, 0) is 16.1 Å². The van der Waals surface area contributed by atoms with Gasteiger partial charge in [0.15, 0.2) is 11.3 Å². The summed E-state index contributed by atoms with van der Waals surface area (Å²) >= 11 is 0. The number of para-hydroxylation sites is 2. The van der Waals surface area contributed by atoms with Gasteiger partial charge in [-0.15, -0.1) is 5.10 Å². The number of aryl methyl sites for hydroxylation is 1. The van der Waals surface area contributed by atoms with E-state index in [1.807, 2.05) is 60.7 Å². The summed E-state index contributed by atoms with van der Waals surface area (Å²) < 4.78 is 5.72. The molecule has 0 unspecified atom stereocenters. The molecule has 1 fully saturated rings.